The molecular weight excluding hydrogens is 663 g/mol. The van der Waals surface area contributed by atoms with Gasteiger partial charge in [-0.15, -0.1) is 0 Å². The molecule has 0 fully saturated rings. The Morgan fingerprint density at radius 2 is 0.852 bits per heavy atom. The molecule has 0 amide bonds. The molecule has 11 aromatic rings. The quantitative estimate of drug-likeness (QED) is 0.180. The van der Waals surface area contributed by atoms with E-state index < -0.39 is 0 Å². The van der Waals surface area contributed by atoms with Crippen molar-refractivity contribution in [3.8, 4) is 56.4 Å². The molecule has 11 rings (SSSR count). The van der Waals surface area contributed by atoms with E-state index in [1.807, 2.05) is 42.5 Å². The summed E-state index contributed by atoms with van der Waals surface area (Å²) in [5.74, 6) is 1.80. The lowest BCUT2D eigenvalue weighted by Gasteiger charge is -2.12. The Labute approximate surface area is 309 Å². The average Bonchev–Trinajstić information content (AvgIpc) is 3.83. The zero-order valence-electron chi connectivity index (χ0n) is 28.9. The molecule has 8 aromatic carbocycles. The van der Waals surface area contributed by atoms with Crippen molar-refractivity contribution in [2.75, 3.05) is 0 Å². The Balaban J connectivity index is 1.11. The summed E-state index contributed by atoms with van der Waals surface area (Å²) >= 11 is 0. The molecule has 54 heavy (non-hydrogen) atoms. The molecular formula is C49H29N3O2. The van der Waals surface area contributed by atoms with Crippen molar-refractivity contribution in [1.29, 1.82) is 0 Å². The normalized spacial score (nSPS) is 11.7. The van der Waals surface area contributed by atoms with Gasteiger partial charge in [-0.3, -0.25) is 0 Å². The number of nitrogens with zero attached hydrogens (tertiary/aromatic N) is 3. The minimum Gasteiger partial charge on any atom is -0.456 e. The van der Waals surface area contributed by atoms with Gasteiger partial charge >= 0.3 is 0 Å². The van der Waals surface area contributed by atoms with Gasteiger partial charge in [-0.25, -0.2) is 15.0 Å². The van der Waals surface area contributed by atoms with E-state index in [-0.39, 0.29) is 0 Å². The first-order chi connectivity index (χ1) is 26.7. The summed E-state index contributed by atoms with van der Waals surface area (Å²) in [4.78, 5) is 15.6. The van der Waals surface area contributed by atoms with Crippen molar-refractivity contribution < 1.29 is 8.83 Å². The van der Waals surface area contributed by atoms with E-state index in [0.717, 1.165) is 93.6 Å². The third kappa shape index (κ3) is 4.90. The Kier molecular flexibility index (Phi) is 6.79. The lowest BCUT2D eigenvalue weighted by atomic mass is 9.98. The second-order valence-corrected chi connectivity index (χ2v) is 13.5. The molecule has 5 nitrogen and oxygen atoms in total. The van der Waals surface area contributed by atoms with Gasteiger partial charge in [0.05, 0.1) is 0 Å². The van der Waals surface area contributed by atoms with Crippen LogP contribution in [0.2, 0.25) is 0 Å². The molecule has 5 heteroatoms. The van der Waals surface area contributed by atoms with E-state index in [2.05, 4.69) is 133 Å². The second-order valence-electron chi connectivity index (χ2n) is 13.5. The molecule has 0 aliphatic carbocycles. The molecule has 0 saturated carbocycles. The highest BCUT2D eigenvalue weighted by Gasteiger charge is 2.19. The standard InChI is InChI=1S/C49H29N3O2/c1-2-11-30(12-3-1)34-14-8-15-35(29-34)48-50-47(33-25-23-31(24-26-33)36-18-10-22-42-45(36)37-16-4-6-20-40(37)53-42)51-49(52-48)39-19-9-13-32-27-28-43-46(44(32)39)38-17-5-7-21-41(38)54-43/h1-29H. The van der Waals surface area contributed by atoms with Crippen LogP contribution in [0.25, 0.3) is 111 Å². The lowest BCUT2D eigenvalue weighted by Crippen LogP contribution is -2.01. The summed E-state index contributed by atoms with van der Waals surface area (Å²) in [5.41, 5.74) is 10.6. The molecule has 0 bridgehead atoms. The summed E-state index contributed by atoms with van der Waals surface area (Å²) in [7, 11) is 0. The summed E-state index contributed by atoms with van der Waals surface area (Å²) < 4.78 is 12.5. The molecule has 0 radical (unpaired) electrons. The third-order valence-electron chi connectivity index (χ3n) is 10.3. The highest BCUT2D eigenvalue weighted by molar-refractivity contribution is 6.22. The van der Waals surface area contributed by atoms with Crippen LogP contribution in [-0.2, 0) is 0 Å². The van der Waals surface area contributed by atoms with Crippen molar-refractivity contribution in [3.05, 3.63) is 176 Å². The summed E-state index contributed by atoms with van der Waals surface area (Å²) in [5, 5.41) is 6.47. The molecule has 0 spiro atoms. The fourth-order valence-electron chi connectivity index (χ4n) is 7.82. The van der Waals surface area contributed by atoms with E-state index in [4.69, 9.17) is 23.8 Å². The van der Waals surface area contributed by atoms with Crippen LogP contribution in [0.4, 0.5) is 0 Å². The predicted molar refractivity (Wildman–Crippen MR) is 219 cm³/mol. The van der Waals surface area contributed by atoms with E-state index in [1.165, 1.54) is 0 Å². The zero-order chi connectivity index (χ0) is 35.6. The first-order valence-electron chi connectivity index (χ1n) is 18.0. The highest BCUT2D eigenvalue weighted by atomic mass is 16.3. The first kappa shape index (κ1) is 30.3. The van der Waals surface area contributed by atoms with Crippen LogP contribution in [0, 0.1) is 0 Å². The Morgan fingerprint density at radius 3 is 1.65 bits per heavy atom. The van der Waals surface area contributed by atoms with E-state index in [1.54, 1.807) is 0 Å². The molecule has 0 atom stereocenters. The van der Waals surface area contributed by atoms with Crippen LogP contribution in [0.5, 0.6) is 0 Å². The van der Waals surface area contributed by atoms with Gasteiger partial charge in [0.15, 0.2) is 17.5 Å². The smallest absolute Gasteiger partial charge is 0.164 e. The van der Waals surface area contributed by atoms with Gasteiger partial charge in [0.25, 0.3) is 0 Å². The SMILES string of the molecule is c1ccc(-c2cccc(-c3nc(-c4ccc(-c5cccc6oc7ccccc7c56)cc4)nc(-c4cccc5ccc6oc7ccccc7c6c45)n3)c2)cc1. The first-order valence-corrected chi connectivity index (χ1v) is 18.0. The van der Waals surface area contributed by atoms with Gasteiger partial charge < -0.3 is 8.83 Å². The van der Waals surface area contributed by atoms with Crippen LogP contribution in [0.15, 0.2) is 185 Å². The van der Waals surface area contributed by atoms with Crippen molar-refractivity contribution in [2.45, 2.75) is 0 Å². The number of para-hydroxylation sites is 2. The minimum atomic E-state index is 0.597. The topological polar surface area (TPSA) is 65.0 Å². The van der Waals surface area contributed by atoms with Gasteiger partial charge in [0.1, 0.15) is 22.3 Å². The van der Waals surface area contributed by atoms with Gasteiger partial charge in [-0.05, 0) is 58.0 Å². The Morgan fingerprint density at radius 1 is 0.296 bits per heavy atom. The molecule has 0 aliphatic heterocycles. The third-order valence-corrected chi connectivity index (χ3v) is 10.3. The number of fused-ring (bicyclic) bond motifs is 8. The number of benzene rings is 8. The Hall–Kier alpha value is -7.37. The number of furan rings is 2. The van der Waals surface area contributed by atoms with E-state index in [0.29, 0.717) is 17.5 Å². The molecule has 0 saturated heterocycles. The molecule has 0 unspecified atom stereocenters. The summed E-state index contributed by atoms with van der Waals surface area (Å²) in [6.07, 6.45) is 0. The van der Waals surface area contributed by atoms with Gasteiger partial charge in [-0.2, -0.15) is 0 Å². The Bertz CT molecular complexity index is 3210. The fourth-order valence-corrected chi connectivity index (χ4v) is 7.82. The summed E-state index contributed by atoms with van der Waals surface area (Å²) in [6, 6.07) is 60.4. The zero-order valence-corrected chi connectivity index (χ0v) is 28.9. The molecule has 3 aromatic heterocycles. The maximum atomic E-state index is 6.33. The van der Waals surface area contributed by atoms with Gasteiger partial charge in [0, 0.05) is 43.6 Å². The van der Waals surface area contributed by atoms with Crippen LogP contribution >= 0.6 is 0 Å². The summed E-state index contributed by atoms with van der Waals surface area (Å²) in [6.45, 7) is 0. The lowest BCUT2D eigenvalue weighted by molar-refractivity contribution is 0.668. The largest absolute Gasteiger partial charge is 0.456 e. The average molecular weight is 692 g/mol. The van der Waals surface area contributed by atoms with Gasteiger partial charge in [-0.1, -0.05) is 146 Å². The van der Waals surface area contributed by atoms with Crippen LogP contribution in [-0.4, -0.2) is 15.0 Å². The van der Waals surface area contributed by atoms with Crippen LogP contribution < -0.4 is 0 Å². The molecule has 3 heterocycles. The van der Waals surface area contributed by atoms with Gasteiger partial charge in [0.2, 0.25) is 0 Å². The van der Waals surface area contributed by atoms with Crippen molar-refractivity contribution >= 4 is 54.6 Å². The van der Waals surface area contributed by atoms with Crippen molar-refractivity contribution in [1.82, 2.24) is 15.0 Å². The van der Waals surface area contributed by atoms with Crippen LogP contribution in [0.1, 0.15) is 0 Å². The van der Waals surface area contributed by atoms with Crippen LogP contribution in [0.3, 0.4) is 0 Å². The maximum Gasteiger partial charge on any atom is 0.164 e. The minimum absolute atomic E-state index is 0.597. The van der Waals surface area contributed by atoms with E-state index >= 15 is 0 Å². The maximum absolute atomic E-state index is 6.33. The number of aromatic nitrogens is 3. The highest BCUT2D eigenvalue weighted by Crippen LogP contribution is 2.41. The molecule has 0 aliphatic rings. The predicted octanol–water partition coefficient (Wildman–Crippen LogP) is 13.2. The number of hydrogen-bond donors (Lipinski definition) is 0. The van der Waals surface area contributed by atoms with Crippen molar-refractivity contribution in [3.63, 3.8) is 0 Å². The van der Waals surface area contributed by atoms with Crippen molar-refractivity contribution in [2.24, 2.45) is 0 Å². The molecule has 0 N–H and O–H groups in total. The molecule has 252 valence electrons. The fraction of sp³-hybridized carbons (Fsp3) is 0. The number of rotatable bonds is 5. The monoisotopic (exact) mass is 691 g/mol. The van der Waals surface area contributed by atoms with E-state index in [9.17, 15) is 0 Å². The number of hydrogen-bond acceptors (Lipinski definition) is 5. The second kappa shape index (κ2) is 12.1.